The normalized spacial score (nSPS) is 15.1. The van der Waals surface area contributed by atoms with Crippen molar-refractivity contribution in [2.45, 2.75) is 102 Å². The van der Waals surface area contributed by atoms with Gasteiger partial charge in [-0.15, -0.1) is 0 Å². The van der Waals surface area contributed by atoms with Gasteiger partial charge in [-0.2, -0.15) is 0 Å². The first-order chi connectivity index (χ1) is 35.9. The lowest BCUT2D eigenvalue weighted by Gasteiger charge is -2.51. The van der Waals surface area contributed by atoms with Crippen LogP contribution >= 0.6 is 0 Å². The van der Waals surface area contributed by atoms with Crippen LogP contribution in [0.1, 0.15) is 84.3 Å². The summed E-state index contributed by atoms with van der Waals surface area (Å²) in [6.07, 6.45) is 10.8. The molecule has 4 heterocycles. The van der Waals surface area contributed by atoms with Crippen molar-refractivity contribution in [3.63, 3.8) is 0 Å². The van der Waals surface area contributed by atoms with Crippen LogP contribution in [-0.4, -0.2) is 119 Å². The third-order valence-corrected chi connectivity index (χ3v) is 13.6. The molecule has 2 atom stereocenters. The Morgan fingerprint density at radius 2 is 0.959 bits per heavy atom. The molecule has 4 aromatic carbocycles. The summed E-state index contributed by atoms with van der Waals surface area (Å²) >= 11 is 0. The average Bonchev–Trinajstić information content (AvgIpc) is 4.13. The first-order valence-electron chi connectivity index (χ1n) is 25.7. The molecule has 2 aromatic heterocycles. The van der Waals surface area contributed by atoms with E-state index < -0.39 is 23.3 Å². The molecular weight excluding hydrogens is 937 g/mol. The van der Waals surface area contributed by atoms with Gasteiger partial charge in [0, 0.05) is 51.3 Å². The Hall–Kier alpha value is -7.30. The fraction of sp³-hybridized carbons (Fsp3) is 0.414. The molecular formula is C58H72N8O8. The summed E-state index contributed by atoms with van der Waals surface area (Å²) in [5, 5.41) is 5.97. The maximum absolute atomic E-state index is 13.7. The number of hydrogen-bond acceptors (Lipinski definition) is 10. The third kappa shape index (κ3) is 14.0. The minimum absolute atomic E-state index is 0.103. The molecule has 2 fully saturated rings. The second-order valence-electron chi connectivity index (χ2n) is 19.2. The molecule has 0 radical (unpaired) electrons. The van der Waals surface area contributed by atoms with Crippen LogP contribution < -0.4 is 20.1 Å². The number of rotatable bonds is 24. The summed E-state index contributed by atoms with van der Waals surface area (Å²) in [4.78, 5) is 70.9. The number of H-pyrrole nitrogens is 2. The molecule has 4 N–H and O–H groups in total. The second-order valence-corrected chi connectivity index (χ2v) is 19.2. The third-order valence-electron chi connectivity index (χ3n) is 13.6. The lowest BCUT2D eigenvalue weighted by Crippen LogP contribution is -2.66. The molecule has 6 aromatic rings. The van der Waals surface area contributed by atoms with Gasteiger partial charge in [0.05, 0.1) is 64.4 Å². The Morgan fingerprint density at radius 3 is 1.28 bits per heavy atom. The quantitative estimate of drug-likeness (QED) is 0.0486. The number of carbonyl (C=O) groups is 4. The number of benzene rings is 4. The molecule has 0 unspecified atom stereocenters. The van der Waals surface area contributed by atoms with E-state index >= 15 is 0 Å². The number of amides is 4. The van der Waals surface area contributed by atoms with Gasteiger partial charge >= 0.3 is 0 Å². The summed E-state index contributed by atoms with van der Waals surface area (Å²) in [5.74, 6) is 0.925. The number of nitrogens with zero attached hydrogens (tertiary/aromatic N) is 4. The first-order valence-corrected chi connectivity index (χ1v) is 25.7. The predicted molar refractivity (Wildman–Crippen MR) is 282 cm³/mol. The van der Waals surface area contributed by atoms with E-state index in [2.05, 4.69) is 82.5 Å². The first kappa shape index (κ1) is 54.5. The number of ether oxygens (including phenoxy) is 4. The monoisotopic (exact) mass is 1010 g/mol. The van der Waals surface area contributed by atoms with E-state index in [-0.39, 0.29) is 36.5 Å². The van der Waals surface area contributed by atoms with Gasteiger partial charge in [0.25, 0.3) is 0 Å². The van der Waals surface area contributed by atoms with Crippen LogP contribution in [-0.2, 0) is 65.5 Å². The van der Waals surface area contributed by atoms with E-state index in [1.54, 1.807) is 49.1 Å². The van der Waals surface area contributed by atoms with Crippen molar-refractivity contribution in [1.29, 1.82) is 0 Å². The minimum Gasteiger partial charge on any atom is -0.497 e. The van der Waals surface area contributed by atoms with Crippen molar-refractivity contribution < 1.29 is 38.1 Å². The SMILES string of the molecule is CCCOC1(c2ccccc2C)CN(C(=O)[C@@H](Cc2ccc(OC)cc2)NC(=O)CCc2c[nH]cn2)C1.CCCOC1(c2ccccc2C)CN(C(=O)[C@H](Cc2ccc(OC)cc2)NC(=O)CCc2c[nH]cn2)C1. The Balaban J connectivity index is 0.000000216. The summed E-state index contributed by atoms with van der Waals surface area (Å²) in [6, 6.07) is 30.1. The lowest BCUT2D eigenvalue weighted by atomic mass is 9.82. The number of methoxy groups -OCH3 is 2. The van der Waals surface area contributed by atoms with Gasteiger partial charge in [-0.05, 0) is 97.2 Å². The predicted octanol–water partition coefficient (Wildman–Crippen LogP) is 7.10. The molecule has 2 aliphatic heterocycles. The highest BCUT2D eigenvalue weighted by molar-refractivity contribution is 5.89. The van der Waals surface area contributed by atoms with Crippen LogP contribution in [0.3, 0.4) is 0 Å². The van der Waals surface area contributed by atoms with Crippen molar-refractivity contribution in [3.05, 3.63) is 167 Å². The molecule has 2 saturated heterocycles. The van der Waals surface area contributed by atoms with E-state index in [1.165, 1.54) is 0 Å². The van der Waals surface area contributed by atoms with Crippen LogP contribution in [0.25, 0.3) is 0 Å². The highest BCUT2D eigenvalue weighted by Gasteiger charge is 2.51. The smallest absolute Gasteiger partial charge is 0.245 e. The van der Waals surface area contributed by atoms with Gasteiger partial charge in [0.2, 0.25) is 23.6 Å². The second kappa shape index (κ2) is 26.1. The van der Waals surface area contributed by atoms with E-state index in [9.17, 15) is 19.2 Å². The Kier molecular flexibility index (Phi) is 19.2. The van der Waals surface area contributed by atoms with Gasteiger partial charge in [-0.25, -0.2) is 9.97 Å². The van der Waals surface area contributed by atoms with Gasteiger partial charge in [0.15, 0.2) is 0 Å². The molecule has 2 aliphatic rings. The minimum atomic E-state index is -0.680. The molecule has 4 amide bonds. The van der Waals surface area contributed by atoms with Crippen molar-refractivity contribution in [2.24, 2.45) is 0 Å². The maximum Gasteiger partial charge on any atom is 0.245 e. The largest absolute Gasteiger partial charge is 0.497 e. The summed E-state index contributed by atoms with van der Waals surface area (Å²) in [6.45, 7) is 11.4. The standard InChI is InChI=1S/2C29H36N4O4/c2*1-4-15-37-29(25-8-6-5-7-21(25)2)18-33(19-29)28(35)26(16-22-9-12-24(36-3)13-10-22)32-27(34)14-11-23-17-30-20-31-23/h2*5-10,12-13,17,20,26H,4,11,14-16,18-19H2,1-3H3,(H,30,31)(H,32,34)/t2*26-/m10/s1. The van der Waals surface area contributed by atoms with Crippen molar-refractivity contribution in [3.8, 4) is 11.5 Å². The molecule has 16 nitrogen and oxygen atoms in total. The summed E-state index contributed by atoms with van der Waals surface area (Å²) in [7, 11) is 3.23. The zero-order chi connectivity index (χ0) is 52.5. The van der Waals surface area contributed by atoms with Gasteiger partial charge in [-0.3, -0.25) is 19.2 Å². The molecule has 0 spiro atoms. The number of carbonyl (C=O) groups excluding carboxylic acids is 4. The van der Waals surface area contributed by atoms with Crippen LogP contribution in [0.5, 0.6) is 11.5 Å². The van der Waals surface area contributed by atoms with E-state index in [1.807, 2.05) is 72.8 Å². The van der Waals surface area contributed by atoms with Crippen LogP contribution in [0.2, 0.25) is 0 Å². The van der Waals surface area contributed by atoms with Gasteiger partial charge in [0.1, 0.15) is 34.8 Å². The Labute approximate surface area is 435 Å². The average molecular weight is 1010 g/mol. The summed E-state index contributed by atoms with van der Waals surface area (Å²) < 4.78 is 23.2. The molecule has 74 heavy (non-hydrogen) atoms. The lowest BCUT2D eigenvalue weighted by molar-refractivity contribution is -0.175. The number of aromatic amines is 2. The number of likely N-dealkylation sites (tertiary alicyclic amines) is 2. The molecule has 8 rings (SSSR count). The van der Waals surface area contributed by atoms with E-state index in [0.717, 1.165) is 69.1 Å². The highest BCUT2D eigenvalue weighted by Crippen LogP contribution is 2.40. The fourth-order valence-electron chi connectivity index (χ4n) is 9.60. The molecule has 0 saturated carbocycles. The van der Waals surface area contributed by atoms with Crippen molar-refractivity contribution in [2.75, 3.05) is 53.6 Å². The molecule has 16 heteroatoms. The van der Waals surface area contributed by atoms with Crippen LogP contribution in [0.15, 0.2) is 122 Å². The zero-order valence-electron chi connectivity index (χ0n) is 43.7. The maximum atomic E-state index is 13.7. The Bertz CT molecular complexity index is 2530. The molecule has 392 valence electrons. The highest BCUT2D eigenvalue weighted by atomic mass is 16.5. The van der Waals surface area contributed by atoms with Gasteiger partial charge in [-0.1, -0.05) is 86.6 Å². The van der Waals surface area contributed by atoms with Crippen LogP contribution in [0.4, 0.5) is 0 Å². The number of hydrogen-bond donors (Lipinski definition) is 4. The number of imidazole rings is 2. The van der Waals surface area contributed by atoms with Gasteiger partial charge < -0.3 is 49.3 Å². The molecule has 0 aliphatic carbocycles. The number of aryl methyl sites for hydroxylation is 4. The van der Waals surface area contributed by atoms with E-state index in [0.29, 0.717) is 65.1 Å². The van der Waals surface area contributed by atoms with E-state index in [4.69, 9.17) is 18.9 Å². The number of aromatic nitrogens is 4. The molecule has 0 bridgehead atoms. The van der Waals surface area contributed by atoms with Crippen molar-refractivity contribution in [1.82, 2.24) is 40.4 Å². The number of nitrogens with one attached hydrogen (secondary N) is 4. The zero-order valence-corrected chi connectivity index (χ0v) is 43.7. The summed E-state index contributed by atoms with van der Waals surface area (Å²) in [5.41, 5.74) is 6.99. The Morgan fingerprint density at radius 1 is 0.581 bits per heavy atom. The topological polar surface area (TPSA) is 193 Å². The van der Waals surface area contributed by atoms with Crippen molar-refractivity contribution >= 4 is 23.6 Å². The fourth-order valence-corrected chi connectivity index (χ4v) is 9.60. The van der Waals surface area contributed by atoms with Crippen LogP contribution in [0, 0.1) is 13.8 Å².